The van der Waals surface area contributed by atoms with Gasteiger partial charge in [0.1, 0.15) is 5.82 Å². The van der Waals surface area contributed by atoms with Crippen LogP contribution in [0, 0.1) is 6.92 Å². The van der Waals surface area contributed by atoms with Gasteiger partial charge in [0.25, 0.3) is 0 Å². The van der Waals surface area contributed by atoms with Crippen LogP contribution in [0.1, 0.15) is 51.8 Å². The van der Waals surface area contributed by atoms with Gasteiger partial charge in [0.2, 0.25) is 0 Å². The van der Waals surface area contributed by atoms with Crippen molar-refractivity contribution in [1.29, 1.82) is 0 Å². The summed E-state index contributed by atoms with van der Waals surface area (Å²) in [7, 11) is 1.89. The second-order valence-corrected chi connectivity index (χ2v) is 2.61. The lowest BCUT2D eigenvalue weighted by Gasteiger charge is -2.06. The first-order valence-electron chi connectivity index (χ1n) is 6.13. The lowest BCUT2D eigenvalue weighted by atomic mass is 10.2. The van der Waals surface area contributed by atoms with Crippen molar-refractivity contribution in [2.45, 2.75) is 48.0 Å². The van der Waals surface area contributed by atoms with Crippen LogP contribution in [0.3, 0.4) is 0 Å². The second-order valence-electron chi connectivity index (χ2n) is 2.61. The van der Waals surface area contributed by atoms with E-state index in [1.54, 1.807) is 6.08 Å². The highest BCUT2D eigenvalue weighted by Gasteiger charge is 2.08. The van der Waals surface area contributed by atoms with E-state index in [1.807, 2.05) is 46.3 Å². The van der Waals surface area contributed by atoms with E-state index in [-0.39, 0.29) is 0 Å². The molecule has 1 aromatic rings. The molecule has 0 saturated heterocycles. The fourth-order valence-corrected chi connectivity index (χ4v) is 1.40. The third-order valence-corrected chi connectivity index (χ3v) is 1.92. The van der Waals surface area contributed by atoms with E-state index in [0.717, 1.165) is 17.9 Å². The Bertz CT molecular complexity index is 288. The van der Waals surface area contributed by atoms with Gasteiger partial charge in [-0.05, 0) is 19.4 Å². The summed E-state index contributed by atoms with van der Waals surface area (Å²) in [6.07, 6.45) is 2.75. The third-order valence-electron chi connectivity index (χ3n) is 1.92. The summed E-state index contributed by atoms with van der Waals surface area (Å²) in [5.74, 6) is 0.976. The summed E-state index contributed by atoms with van der Waals surface area (Å²) in [4.78, 5) is 4.35. The van der Waals surface area contributed by atoms with Gasteiger partial charge in [-0.1, -0.05) is 41.2 Å². The standard InChI is InChI=1S/C9H15N3.2C2H6/c1-5-8-9(6-2)12(10-4)7(3)11-8;2*1-2/h5,10H,1,6H2,2-4H3;2*1-2H3. The van der Waals surface area contributed by atoms with Gasteiger partial charge >= 0.3 is 0 Å². The van der Waals surface area contributed by atoms with E-state index < -0.39 is 0 Å². The highest BCUT2D eigenvalue weighted by atomic mass is 15.4. The van der Waals surface area contributed by atoms with Gasteiger partial charge in [0, 0.05) is 7.05 Å². The molecule has 94 valence electrons. The van der Waals surface area contributed by atoms with Crippen LogP contribution in [0.4, 0.5) is 0 Å². The molecule has 0 aliphatic rings. The fourth-order valence-electron chi connectivity index (χ4n) is 1.40. The summed E-state index contributed by atoms with van der Waals surface area (Å²) in [6.45, 7) is 15.8. The molecule has 0 radical (unpaired) electrons. The first-order valence-corrected chi connectivity index (χ1v) is 6.13. The largest absolute Gasteiger partial charge is 0.328 e. The molecule has 0 aliphatic heterocycles. The molecule has 0 spiro atoms. The first-order chi connectivity index (χ1) is 7.74. The van der Waals surface area contributed by atoms with Gasteiger partial charge in [-0.3, -0.25) is 0 Å². The zero-order valence-corrected chi connectivity index (χ0v) is 11.9. The zero-order valence-electron chi connectivity index (χ0n) is 11.9. The summed E-state index contributed by atoms with van der Waals surface area (Å²) >= 11 is 0. The Morgan fingerprint density at radius 2 is 1.81 bits per heavy atom. The Morgan fingerprint density at radius 1 is 1.31 bits per heavy atom. The quantitative estimate of drug-likeness (QED) is 0.851. The number of rotatable bonds is 3. The fraction of sp³-hybridized carbons (Fsp3) is 0.615. The van der Waals surface area contributed by atoms with E-state index in [0.29, 0.717) is 0 Å². The van der Waals surface area contributed by atoms with E-state index in [2.05, 4.69) is 23.9 Å². The average Bonchev–Trinajstić information content (AvgIpc) is 2.69. The Hall–Kier alpha value is -1.25. The molecule has 0 atom stereocenters. The van der Waals surface area contributed by atoms with Crippen LogP contribution >= 0.6 is 0 Å². The minimum Gasteiger partial charge on any atom is -0.328 e. The van der Waals surface area contributed by atoms with E-state index in [1.165, 1.54) is 5.69 Å². The van der Waals surface area contributed by atoms with Crippen LogP contribution in [-0.2, 0) is 6.42 Å². The normalized spacial score (nSPS) is 8.19. The van der Waals surface area contributed by atoms with Gasteiger partial charge < -0.3 is 5.43 Å². The molecular formula is C13H27N3. The van der Waals surface area contributed by atoms with Gasteiger partial charge in [-0.2, -0.15) is 0 Å². The molecule has 1 aromatic heterocycles. The lowest BCUT2D eigenvalue weighted by Crippen LogP contribution is -2.13. The molecule has 0 fully saturated rings. The topological polar surface area (TPSA) is 29.9 Å². The monoisotopic (exact) mass is 225 g/mol. The van der Waals surface area contributed by atoms with Crippen LogP contribution in [0.2, 0.25) is 0 Å². The number of hydrogen-bond acceptors (Lipinski definition) is 2. The number of aryl methyl sites for hydroxylation is 1. The SMILES string of the molecule is C=Cc1nc(C)n(NC)c1CC.CC.CC. The van der Waals surface area contributed by atoms with Gasteiger partial charge in [0.05, 0.1) is 11.4 Å². The first kappa shape index (κ1) is 17.2. The van der Waals surface area contributed by atoms with Crippen molar-refractivity contribution in [3.63, 3.8) is 0 Å². The maximum absolute atomic E-state index is 4.35. The van der Waals surface area contributed by atoms with Crippen molar-refractivity contribution in [1.82, 2.24) is 9.66 Å². The molecule has 0 amide bonds. The van der Waals surface area contributed by atoms with E-state index in [9.17, 15) is 0 Å². The number of aromatic nitrogens is 2. The van der Waals surface area contributed by atoms with Gasteiger partial charge in [0.15, 0.2) is 0 Å². The molecular weight excluding hydrogens is 198 g/mol. The Labute approximate surface area is 101 Å². The predicted molar refractivity (Wildman–Crippen MR) is 74.4 cm³/mol. The Balaban J connectivity index is 0. The molecule has 1 heterocycles. The molecule has 0 bridgehead atoms. The van der Waals surface area contributed by atoms with Crippen LogP contribution in [-0.4, -0.2) is 16.7 Å². The summed E-state index contributed by atoms with van der Waals surface area (Å²) < 4.78 is 1.98. The maximum Gasteiger partial charge on any atom is 0.125 e. The summed E-state index contributed by atoms with van der Waals surface area (Å²) in [5.41, 5.74) is 5.24. The van der Waals surface area contributed by atoms with Crippen molar-refractivity contribution in [2.24, 2.45) is 0 Å². The number of nitrogens with one attached hydrogen (secondary N) is 1. The summed E-state index contributed by atoms with van der Waals surface area (Å²) in [6, 6.07) is 0. The van der Waals surface area contributed by atoms with Crippen molar-refractivity contribution in [3.8, 4) is 0 Å². The number of hydrogen-bond donors (Lipinski definition) is 1. The Morgan fingerprint density at radius 3 is 2.12 bits per heavy atom. The minimum absolute atomic E-state index is 0.961. The highest BCUT2D eigenvalue weighted by Crippen LogP contribution is 2.11. The minimum atomic E-state index is 0.961. The molecule has 3 heteroatoms. The molecule has 16 heavy (non-hydrogen) atoms. The molecule has 1 N–H and O–H groups in total. The van der Waals surface area contributed by atoms with Crippen molar-refractivity contribution in [2.75, 3.05) is 12.5 Å². The van der Waals surface area contributed by atoms with Crippen molar-refractivity contribution >= 4 is 6.08 Å². The molecule has 0 aliphatic carbocycles. The molecule has 0 aromatic carbocycles. The van der Waals surface area contributed by atoms with Crippen LogP contribution in [0.15, 0.2) is 6.58 Å². The molecule has 3 nitrogen and oxygen atoms in total. The van der Waals surface area contributed by atoms with Crippen molar-refractivity contribution < 1.29 is 0 Å². The predicted octanol–water partition coefficient (Wildman–Crippen LogP) is 3.62. The molecule has 0 unspecified atom stereocenters. The van der Waals surface area contributed by atoms with Crippen LogP contribution in [0.25, 0.3) is 6.08 Å². The maximum atomic E-state index is 4.35. The van der Waals surface area contributed by atoms with Gasteiger partial charge in [-0.25, -0.2) is 9.66 Å². The van der Waals surface area contributed by atoms with E-state index in [4.69, 9.17) is 0 Å². The zero-order chi connectivity index (χ0) is 13.1. The molecule has 1 rings (SSSR count). The van der Waals surface area contributed by atoms with Crippen molar-refractivity contribution in [3.05, 3.63) is 23.8 Å². The summed E-state index contributed by atoms with van der Waals surface area (Å²) in [5, 5.41) is 0. The number of nitrogens with zero attached hydrogens (tertiary/aromatic N) is 2. The van der Waals surface area contributed by atoms with Crippen LogP contribution < -0.4 is 5.43 Å². The van der Waals surface area contributed by atoms with Crippen LogP contribution in [0.5, 0.6) is 0 Å². The molecule has 0 saturated carbocycles. The highest BCUT2D eigenvalue weighted by molar-refractivity contribution is 5.46. The lowest BCUT2D eigenvalue weighted by molar-refractivity contribution is 0.809. The smallest absolute Gasteiger partial charge is 0.125 e. The average molecular weight is 225 g/mol. The van der Waals surface area contributed by atoms with E-state index >= 15 is 0 Å². The van der Waals surface area contributed by atoms with Gasteiger partial charge in [-0.15, -0.1) is 0 Å². The third kappa shape index (κ3) is 4.09. The Kier molecular flexibility index (Phi) is 11.0. The number of imidazole rings is 1. The second kappa shape index (κ2) is 10.3.